The molecule has 0 saturated carbocycles. The van der Waals surface area contributed by atoms with E-state index in [4.69, 9.17) is 16.0 Å². The fourth-order valence-corrected chi connectivity index (χ4v) is 3.61. The molecular weight excluding hydrogens is 400 g/mol. The molecule has 1 atom stereocenters. The molecular formula is C23H29ClN4O2. The zero-order chi connectivity index (χ0) is 21.5. The molecule has 30 heavy (non-hydrogen) atoms. The van der Waals surface area contributed by atoms with Gasteiger partial charge in [0, 0.05) is 17.1 Å². The Labute approximate surface area is 182 Å². The molecule has 0 aliphatic heterocycles. The predicted octanol–water partition coefficient (Wildman–Crippen LogP) is 5.03. The van der Waals surface area contributed by atoms with Crippen LogP contribution < -0.4 is 5.32 Å². The van der Waals surface area contributed by atoms with Crippen molar-refractivity contribution in [2.75, 3.05) is 19.6 Å². The Morgan fingerprint density at radius 2 is 2.03 bits per heavy atom. The predicted molar refractivity (Wildman–Crippen MR) is 120 cm³/mol. The van der Waals surface area contributed by atoms with Crippen molar-refractivity contribution in [2.24, 2.45) is 0 Å². The van der Waals surface area contributed by atoms with Gasteiger partial charge >= 0.3 is 0 Å². The molecule has 0 unspecified atom stereocenters. The normalized spacial score (nSPS) is 12.3. The zero-order valence-electron chi connectivity index (χ0n) is 17.8. The number of amides is 1. The van der Waals surface area contributed by atoms with Crippen LogP contribution in [0.4, 0.5) is 0 Å². The summed E-state index contributed by atoms with van der Waals surface area (Å²) < 4.78 is 7.08. The van der Waals surface area contributed by atoms with Crippen molar-refractivity contribution in [1.82, 2.24) is 20.0 Å². The van der Waals surface area contributed by atoms with Gasteiger partial charge < -0.3 is 14.6 Å². The lowest BCUT2D eigenvalue weighted by atomic mass is 10.1. The van der Waals surface area contributed by atoms with E-state index in [1.807, 2.05) is 25.1 Å². The Balaban J connectivity index is 1.77. The van der Waals surface area contributed by atoms with Crippen molar-refractivity contribution in [1.29, 1.82) is 0 Å². The van der Waals surface area contributed by atoms with Crippen LogP contribution in [0.25, 0.3) is 17.1 Å². The molecule has 0 aliphatic rings. The molecule has 1 aromatic carbocycles. The van der Waals surface area contributed by atoms with Crippen molar-refractivity contribution in [3.63, 3.8) is 0 Å². The van der Waals surface area contributed by atoms with Gasteiger partial charge in [-0.25, -0.2) is 4.68 Å². The quantitative estimate of drug-likeness (QED) is 0.492. The van der Waals surface area contributed by atoms with Gasteiger partial charge in [0.1, 0.15) is 11.4 Å². The summed E-state index contributed by atoms with van der Waals surface area (Å²) in [6.45, 7) is 9.51. The third-order valence-electron chi connectivity index (χ3n) is 5.15. The molecule has 0 fully saturated rings. The molecule has 0 spiro atoms. The Morgan fingerprint density at radius 3 is 2.70 bits per heavy atom. The first-order valence-corrected chi connectivity index (χ1v) is 10.8. The fourth-order valence-electron chi connectivity index (χ4n) is 3.42. The summed E-state index contributed by atoms with van der Waals surface area (Å²) in [5, 5.41) is 8.29. The van der Waals surface area contributed by atoms with E-state index < -0.39 is 0 Å². The van der Waals surface area contributed by atoms with Crippen molar-refractivity contribution in [3.8, 4) is 17.1 Å². The summed E-state index contributed by atoms with van der Waals surface area (Å²) in [6, 6.07) is 12.7. The SMILES string of the molecule is CCN(CC)CCC[C@H](C)NC(=O)c1cc(-c2ccco2)nn1-c1cccc(Cl)c1. The van der Waals surface area contributed by atoms with Crippen LogP contribution in [0.3, 0.4) is 0 Å². The second kappa shape index (κ2) is 10.5. The molecule has 6 nitrogen and oxygen atoms in total. The molecule has 0 aliphatic carbocycles. The second-order valence-corrected chi connectivity index (χ2v) is 7.76. The van der Waals surface area contributed by atoms with E-state index in [-0.39, 0.29) is 11.9 Å². The van der Waals surface area contributed by atoms with E-state index in [0.29, 0.717) is 22.2 Å². The maximum Gasteiger partial charge on any atom is 0.270 e. The summed E-state index contributed by atoms with van der Waals surface area (Å²) in [4.78, 5) is 15.5. The summed E-state index contributed by atoms with van der Waals surface area (Å²) in [6.07, 6.45) is 3.54. The maximum atomic E-state index is 13.1. The number of hydrogen-bond acceptors (Lipinski definition) is 4. The van der Waals surface area contributed by atoms with Gasteiger partial charge in [-0.1, -0.05) is 31.5 Å². The van der Waals surface area contributed by atoms with E-state index >= 15 is 0 Å². The summed E-state index contributed by atoms with van der Waals surface area (Å²) in [7, 11) is 0. The van der Waals surface area contributed by atoms with Crippen LogP contribution in [0.5, 0.6) is 0 Å². The Bertz CT molecular complexity index is 948. The first kappa shape index (κ1) is 22.1. The molecule has 1 amide bonds. The van der Waals surface area contributed by atoms with E-state index in [1.54, 1.807) is 35.2 Å². The molecule has 7 heteroatoms. The highest BCUT2D eigenvalue weighted by atomic mass is 35.5. The fraction of sp³-hybridized carbons (Fsp3) is 0.391. The monoisotopic (exact) mass is 428 g/mol. The minimum absolute atomic E-state index is 0.0582. The highest BCUT2D eigenvalue weighted by Gasteiger charge is 2.20. The smallest absolute Gasteiger partial charge is 0.270 e. The molecule has 0 radical (unpaired) electrons. The lowest BCUT2D eigenvalue weighted by Gasteiger charge is -2.20. The average molecular weight is 429 g/mol. The molecule has 2 aromatic heterocycles. The van der Waals surface area contributed by atoms with Crippen LogP contribution in [-0.4, -0.2) is 46.3 Å². The van der Waals surface area contributed by atoms with Gasteiger partial charge in [0.15, 0.2) is 5.76 Å². The second-order valence-electron chi connectivity index (χ2n) is 7.33. The van der Waals surface area contributed by atoms with Crippen molar-refractivity contribution < 1.29 is 9.21 Å². The van der Waals surface area contributed by atoms with Crippen LogP contribution in [0, 0.1) is 0 Å². The van der Waals surface area contributed by atoms with Crippen molar-refractivity contribution in [2.45, 2.75) is 39.7 Å². The number of nitrogens with zero attached hydrogens (tertiary/aromatic N) is 3. The van der Waals surface area contributed by atoms with Crippen LogP contribution in [0.1, 0.15) is 44.1 Å². The lowest BCUT2D eigenvalue weighted by Crippen LogP contribution is -2.34. The van der Waals surface area contributed by atoms with E-state index in [2.05, 4.69) is 29.2 Å². The van der Waals surface area contributed by atoms with Crippen LogP contribution >= 0.6 is 11.6 Å². The van der Waals surface area contributed by atoms with Gasteiger partial charge in [-0.2, -0.15) is 5.10 Å². The zero-order valence-corrected chi connectivity index (χ0v) is 18.5. The first-order valence-electron chi connectivity index (χ1n) is 10.4. The molecule has 3 rings (SSSR count). The van der Waals surface area contributed by atoms with E-state index in [0.717, 1.165) is 38.2 Å². The molecule has 2 heterocycles. The summed E-state index contributed by atoms with van der Waals surface area (Å²) >= 11 is 6.16. The number of carbonyl (C=O) groups is 1. The maximum absolute atomic E-state index is 13.1. The minimum Gasteiger partial charge on any atom is -0.463 e. The van der Waals surface area contributed by atoms with Gasteiger partial charge in [0.25, 0.3) is 5.91 Å². The lowest BCUT2D eigenvalue weighted by molar-refractivity contribution is 0.0929. The minimum atomic E-state index is -0.171. The van der Waals surface area contributed by atoms with Gasteiger partial charge in [0.2, 0.25) is 0 Å². The largest absolute Gasteiger partial charge is 0.463 e. The van der Waals surface area contributed by atoms with Gasteiger partial charge in [-0.15, -0.1) is 0 Å². The number of furan rings is 1. The van der Waals surface area contributed by atoms with Crippen LogP contribution in [-0.2, 0) is 0 Å². The van der Waals surface area contributed by atoms with Gasteiger partial charge in [-0.05, 0) is 69.7 Å². The van der Waals surface area contributed by atoms with Crippen molar-refractivity contribution in [3.05, 3.63) is 59.4 Å². The van der Waals surface area contributed by atoms with Gasteiger partial charge in [-0.3, -0.25) is 4.79 Å². The Hall–Kier alpha value is -2.57. The third kappa shape index (κ3) is 5.52. The Morgan fingerprint density at radius 1 is 1.23 bits per heavy atom. The highest BCUT2D eigenvalue weighted by molar-refractivity contribution is 6.30. The topological polar surface area (TPSA) is 63.3 Å². The van der Waals surface area contributed by atoms with Gasteiger partial charge in [0.05, 0.1) is 12.0 Å². The first-order chi connectivity index (χ1) is 14.5. The molecule has 0 bridgehead atoms. The molecule has 1 N–H and O–H groups in total. The molecule has 160 valence electrons. The van der Waals surface area contributed by atoms with E-state index in [1.165, 1.54) is 0 Å². The number of rotatable bonds is 10. The average Bonchev–Trinajstić information content (AvgIpc) is 3.41. The highest BCUT2D eigenvalue weighted by Crippen LogP contribution is 2.23. The van der Waals surface area contributed by atoms with E-state index in [9.17, 15) is 4.79 Å². The standard InChI is InChI=1S/C23H29ClN4O2/c1-4-27(5-2)13-7-9-17(3)25-23(29)21-16-20(22-12-8-14-30-22)26-28(21)19-11-6-10-18(24)15-19/h6,8,10-12,14-17H,4-5,7,9,13H2,1-3H3,(H,25,29)/t17-/m0/s1. The number of hydrogen-bond donors (Lipinski definition) is 1. The molecule has 3 aromatic rings. The number of halogens is 1. The number of carbonyl (C=O) groups excluding carboxylic acids is 1. The summed E-state index contributed by atoms with van der Waals surface area (Å²) in [5.74, 6) is 0.438. The van der Waals surface area contributed by atoms with Crippen LogP contribution in [0.2, 0.25) is 5.02 Å². The third-order valence-corrected chi connectivity index (χ3v) is 5.39. The van der Waals surface area contributed by atoms with Crippen molar-refractivity contribution >= 4 is 17.5 Å². The number of nitrogens with one attached hydrogen (secondary N) is 1. The van der Waals surface area contributed by atoms with Crippen LogP contribution in [0.15, 0.2) is 53.1 Å². The molecule has 0 saturated heterocycles. The summed E-state index contributed by atoms with van der Waals surface area (Å²) in [5.41, 5.74) is 1.76. The number of benzene rings is 1. The Kier molecular flexibility index (Phi) is 7.71. The number of aromatic nitrogens is 2.